The first kappa shape index (κ1) is 21.2. The Morgan fingerprint density at radius 3 is 2.04 bits per heavy atom. The molecule has 1 amide bonds. The van der Waals surface area contributed by atoms with Crippen LogP contribution in [0.2, 0.25) is 0 Å². The van der Waals surface area contributed by atoms with Gasteiger partial charge < -0.3 is 9.47 Å². The van der Waals surface area contributed by atoms with Crippen LogP contribution in [-0.2, 0) is 9.47 Å². The SMILES string of the molecule is CCOC(=O)c1ccc(C(C)=C2CC[N+](C)(C(=O)OC(C)(C)C)CC2)cc1. The summed E-state index contributed by atoms with van der Waals surface area (Å²) in [6, 6.07) is 7.54. The third kappa shape index (κ3) is 5.42. The maximum atomic E-state index is 12.5. The van der Waals surface area contributed by atoms with Gasteiger partial charge in [0.15, 0.2) is 0 Å². The number of allylic oxidation sites excluding steroid dienone is 1. The highest BCUT2D eigenvalue weighted by atomic mass is 16.6. The zero-order valence-corrected chi connectivity index (χ0v) is 17.4. The van der Waals surface area contributed by atoms with Crippen LogP contribution in [0, 0.1) is 0 Å². The topological polar surface area (TPSA) is 52.6 Å². The lowest BCUT2D eigenvalue weighted by Gasteiger charge is -2.37. The van der Waals surface area contributed by atoms with Gasteiger partial charge in [-0.25, -0.2) is 9.28 Å². The van der Waals surface area contributed by atoms with Crippen LogP contribution in [0.3, 0.4) is 0 Å². The second-order valence-corrected chi connectivity index (χ2v) is 8.35. The van der Waals surface area contributed by atoms with Gasteiger partial charge in [0.25, 0.3) is 0 Å². The van der Waals surface area contributed by atoms with E-state index in [0.717, 1.165) is 31.5 Å². The molecule has 0 unspecified atom stereocenters. The second kappa shape index (κ2) is 8.26. The van der Waals surface area contributed by atoms with Gasteiger partial charge in [0, 0.05) is 12.8 Å². The van der Waals surface area contributed by atoms with E-state index in [1.54, 1.807) is 19.1 Å². The van der Waals surface area contributed by atoms with Crippen molar-refractivity contribution in [1.82, 2.24) is 0 Å². The number of rotatable bonds is 3. The molecule has 0 spiro atoms. The molecule has 0 bridgehead atoms. The third-order valence-corrected chi connectivity index (χ3v) is 5.01. The summed E-state index contributed by atoms with van der Waals surface area (Å²) in [5, 5.41) is 0. The third-order valence-electron chi connectivity index (χ3n) is 5.01. The van der Waals surface area contributed by atoms with E-state index in [4.69, 9.17) is 9.47 Å². The van der Waals surface area contributed by atoms with Crippen LogP contribution in [-0.4, -0.2) is 48.9 Å². The van der Waals surface area contributed by atoms with Crippen molar-refractivity contribution in [2.45, 2.75) is 53.1 Å². The Morgan fingerprint density at radius 2 is 1.56 bits per heavy atom. The minimum absolute atomic E-state index is 0.155. The minimum atomic E-state index is -0.467. The van der Waals surface area contributed by atoms with Gasteiger partial charge in [-0.3, -0.25) is 0 Å². The summed E-state index contributed by atoms with van der Waals surface area (Å²) < 4.78 is 10.9. The molecule has 0 saturated carbocycles. The molecule has 1 aromatic carbocycles. The van der Waals surface area contributed by atoms with Gasteiger partial charge in [0.1, 0.15) is 5.60 Å². The molecule has 1 aliphatic heterocycles. The van der Waals surface area contributed by atoms with Crippen LogP contribution in [0.5, 0.6) is 0 Å². The highest BCUT2D eigenvalue weighted by Gasteiger charge is 2.39. The summed E-state index contributed by atoms with van der Waals surface area (Å²) >= 11 is 0. The summed E-state index contributed by atoms with van der Waals surface area (Å²) in [5.41, 5.74) is 3.78. The van der Waals surface area contributed by atoms with Crippen molar-refractivity contribution in [2.75, 3.05) is 26.7 Å². The van der Waals surface area contributed by atoms with Gasteiger partial charge in [-0.05, 0) is 57.9 Å². The molecule has 1 saturated heterocycles. The Kier molecular flexibility index (Phi) is 6.47. The van der Waals surface area contributed by atoms with Crippen molar-refractivity contribution in [2.24, 2.45) is 0 Å². The van der Waals surface area contributed by atoms with E-state index in [-0.39, 0.29) is 12.1 Å². The Balaban J connectivity index is 2.08. The van der Waals surface area contributed by atoms with Crippen molar-refractivity contribution in [3.63, 3.8) is 0 Å². The summed E-state index contributed by atoms with van der Waals surface area (Å²) in [7, 11) is 1.95. The molecule has 0 atom stereocenters. The van der Waals surface area contributed by atoms with Crippen molar-refractivity contribution < 1.29 is 23.5 Å². The molecule has 1 fully saturated rings. The molecule has 0 N–H and O–H groups in total. The Morgan fingerprint density at radius 1 is 1.04 bits per heavy atom. The summed E-state index contributed by atoms with van der Waals surface area (Å²) in [4.78, 5) is 24.3. The van der Waals surface area contributed by atoms with Gasteiger partial charge in [0.2, 0.25) is 0 Å². The van der Waals surface area contributed by atoms with Gasteiger partial charge >= 0.3 is 12.1 Å². The molecule has 5 heteroatoms. The molecule has 1 aromatic rings. The molecule has 2 rings (SSSR count). The lowest BCUT2D eigenvalue weighted by atomic mass is 9.93. The lowest BCUT2D eigenvalue weighted by molar-refractivity contribution is -0.841. The van der Waals surface area contributed by atoms with E-state index in [2.05, 4.69) is 6.92 Å². The molecule has 0 aromatic heterocycles. The number of ether oxygens (including phenoxy) is 2. The number of hydrogen-bond donors (Lipinski definition) is 0. The Bertz CT molecular complexity index is 716. The number of carbonyl (C=O) groups excluding carboxylic acids is 2. The van der Waals surface area contributed by atoms with Crippen LogP contribution in [0.4, 0.5) is 4.79 Å². The van der Waals surface area contributed by atoms with Gasteiger partial charge in [-0.15, -0.1) is 0 Å². The molecule has 0 aliphatic carbocycles. The number of hydrogen-bond acceptors (Lipinski definition) is 4. The molecule has 1 heterocycles. The first-order valence-electron chi connectivity index (χ1n) is 9.60. The molecule has 27 heavy (non-hydrogen) atoms. The van der Waals surface area contributed by atoms with Gasteiger partial charge in [0.05, 0.1) is 32.3 Å². The zero-order chi connectivity index (χ0) is 20.2. The number of benzene rings is 1. The van der Waals surface area contributed by atoms with Crippen LogP contribution < -0.4 is 0 Å². The first-order chi connectivity index (χ1) is 12.6. The highest BCUT2D eigenvalue weighted by Crippen LogP contribution is 2.30. The number of nitrogens with zero attached hydrogens (tertiary/aromatic N) is 1. The number of amides is 1. The predicted molar refractivity (Wildman–Crippen MR) is 106 cm³/mol. The highest BCUT2D eigenvalue weighted by molar-refractivity contribution is 5.89. The summed E-state index contributed by atoms with van der Waals surface area (Å²) in [5.74, 6) is -0.294. The molecule has 5 nitrogen and oxygen atoms in total. The van der Waals surface area contributed by atoms with Crippen LogP contribution in [0.1, 0.15) is 63.4 Å². The molecule has 0 radical (unpaired) electrons. The van der Waals surface area contributed by atoms with Crippen molar-refractivity contribution in [1.29, 1.82) is 0 Å². The van der Waals surface area contributed by atoms with Crippen LogP contribution >= 0.6 is 0 Å². The lowest BCUT2D eigenvalue weighted by Crippen LogP contribution is -2.54. The van der Waals surface area contributed by atoms with E-state index in [1.165, 1.54) is 11.1 Å². The van der Waals surface area contributed by atoms with Crippen LogP contribution in [0.25, 0.3) is 5.57 Å². The second-order valence-electron chi connectivity index (χ2n) is 8.35. The smallest absolute Gasteiger partial charge is 0.462 e. The Hall–Kier alpha value is -2.14. The largest absolute Gasteiger partial charge is 0.516 e. The number of quaternary nitrogens is 1. The number of carbonyl (C=O) groups is 2. The number of piperidine rings is 1. The normalized spacial score (nSPS) is 20.1. The maximum absolute atomic E-state index is 12.5. The molecular weight excluding hydrogens is 342 g/mol. The average Bonchev–Trinajstić information content (AvgIpc) is 2.61. The van der Waals surface area contributed by atoms with Crippen molar-refractivity contribution in [3.8, 4) is 0 Å². The van der Waals surface area contributed by atoms with E-state index in [9.17, 15) is 9.59 Å². The minimum Gasteiger partial charge on any atom is -0.462 e. The van der Waals surface area contributed by atoms with Crippen molar-refractivity contribution in [3.05, 3.63) is 41.0 Å². The number of esters is 1. The fourth-order valence-electron chi connectivity index (χ4n) is 3.20. The van der Waals surface area contributed by atoms with Gasteiger partial charge in [-0.1, -0.05) is 17.7 Å². The van der Waals surface area contributed by atoms with Gasteiger partial charge in [-0.2, -0.15) is 4.79 Å². The summed E-state index contributed by atoms with van der Waals surface area (Å²) in [6.07, 6.45) is 1.57. The van der Waals surface area contributed by atoms with Crippen LogP contribution in [0.15, 0.2) is 29.8 Å². The average molecular weight is 375 g/mol. The van der Waals surface area contributed by atoms with E-state index in [1.807, 2.05) is 40.0 Å². The predicted octanol–water partition coefficient (Wildman–Crippen LogP) is 4.81. The first-order valence-corrected chi connectivity index (χ1v) is 9.60. The molecular formula is C22H32NO4+. The van der Waals surface area contributed by atoms with Crippen molar-refractivity contribution >= 4 is 17.6 Å². The van der Waals surface area contributed by atoms with E-state index in [0.29, 0.717) is 16.7 Å². The maximum Gasteiger partial charge on any atom is 0.516 e. The van der Waals surface area contributed by atoms with E-state index < -0.39 is 5.60 Å². The monoisotopic (exact) mass is 374 g/mol. The zero-order valence-electron chi connectivity index (χ0n) is 17.4. The standard InChI is InChI=1S/C22H32NO4/c1-7-26-20(24)19-10-8-17(9-11-19)16(2)18-12-14-23(6,15-13-18)21(25)27-22(3,4)5/h8-11H,7,12-15H2,1-6H3/q+1. The quantitative estimate of drug-likeness (QED) is 0.563. The Labute approximate surface area is 162 Å². The number of likely N-dealkylation sites (tertiary alicyclic amines) is 1. The van der Waals surface area contributed by atoms with E-state index >= 15 is 0 Å². The molecule has 1 aliphatic rings. The fourth-order valence-corrected chi connectivity index (χ4v) is 3.20. The molecule has 148 valence electrons. The summed E-state index contributed by atoms with van der Waals surface area (Å²) in [6.45, 7) is 11.5. The fraction of sp³-hybridized carbons (Fsp3) is 0.545.